The van der Waals surface area contributed by atoms with Crippen LogP contribution in [-0.2, 0) is 5.41 Å². The molecule has 0 radical (unpaired) electrons. The zero-order valence-corrected chi connectivity index (χ0v) is 18.3. The van der Waals surface area contributed by atoms with Crippen LogP contribution in [0.5, 0.6) is 5.75 Å². The largest absolute Gasteiger partial charge is 0.485 e. The maximum Gasteiger partial charge on any atom is 0.131 e. The molecule has 1 aliphatic heterocycles. The molecule has 1 heteroatoms. The topological polar surface area (TPSA) is 9.23 Å². The Balaban J connectivity index is 1.51. The molecule has 0 amide bonds. The van der Waals surface area contributed by atoms with Crippen molar-refractivity contribution in [1.29, 1.82) is 0 Å². The van der Waals surface area contributed by atoms with Crippen LogP contribution in [0.1, 0.15) is 42.0 Å². The van der Waals surface area contributed by atoms with Gasteiger partial charge < -0.3 is 4.74 Å². The molecular formula is C31H24O. The minimum atomic E-state index is -0.0633. The van der Waals surface area contributed by atoms with Crippen LogP contribution in [0, 0.1) is 0 Å². The summed E-state index contributed by atoms with van der Waals surface area (Å²) in [6.45, 7) is 4.68. The van der Waals surface area contributed by atoms with Crippen molar-refractivity contribution >= 4 is 22.9 Å². The first-order valence-electron chi connectivity index (χ1n) is 11.4. The third-order valence-electron chi connectivity index (χ3n) is 7.67. The zero-order chi connectivity index (χ0) is 21.4. The van der Waals surface area contributed by atoms with Crippen LogP contribution in [0.25, 0.3) is 34.1 Å². The van der Waals surface area contributed by atoms with Crippen LogP contribution >= 0.6 is 0 Å². The molecular weight excluding hydrogens is 388 g/mol. The Bertz CT molecular complexity index is 1470. The zero-order valence-electron chi connectivity index (χ0n) is 18.3. The van der Waals surface area contributed by atoms with Crippen molar-refractivity contribution in [2.45, 2.75) is 31.3 Å². The maximum absolute atomic E-state index is 6.71. The van der Waals surface area contributed by atoms with E-state index in [4.69, 9.17) is 4.74 Å². The Kier molecular flexibility index (Phi) is 3.51. The molecule has 0 saturated heterocycles. The molecule has 1 heterocycles. The van der Waals surface area contributed by atoms with E-state index < -0.39 is 0 Å². The molecule has 7 rings (SSSR count). The van der Waals surface area contributed by atoms with E-state index in [-0.39, 0.29) is 17.4 Å². The van der Waals surface area contributed by atoms with Crippen molar-refractivity contribution in [1.82, 2.24) is 0 Å². The number of rotatable bonds is 1. The SMILES string of the molecule is CC1(C)C2=Cc3ccc4c(-c5ccccc5)ccc5c4c3C(C=C5)C2Oc2ccccc21. The van der Waals surface area contributed by atoms with Gasteiger partial charge in [-0.1, -0.05) is 105 Å². The van der Waals surface area contributed by atoms with Crippen LogP contribution in [0.2, 0.25) is 0 Å². The lowest BCUT2D eigenvalue weighted by molar-refractivity contribution is 0.181. The third kappa shape index (κ3) is 2.29. The molecule has 0 N–H and O–H groups in total. The van der Waals surface area contributed by atoms with Gasteiger partial charge >= 0.3 is 0 Å². The monoisotopic (exact) mass is 412 g/mol. The van der Waals surface area contributed by atoms with Crippen LogP contribution < -0.4 is 4.74 Å². The first-order chi connectivity index (χ1) is 15.6. The number of fused-ring (bicyclic) bond motifs is 3. The van der Waals surface area contributed by atoms with Gasteiger partial charge in [-0.05, 0) is 50.2 Å². The van der Waals surface area contributed by atoms with E-state index in [1.54, 1.807) is 0 Å². The average Bonchev–Trinajstić information content (AvgIpc) is 2.83. The van der Waals surface area contributed by atoms with Crippen molar-refractivity contribution in [3.8, 4) is 16.9 Å². The second kappa shape index (κ2) is 6.23. The first kappa shape index (κ1) is 18.0. The Hall–Kier alpha value is -3.58. The summed E-state index contributed by atoms with van der Waals surface area (Å²) < 4.78 is 6.71. The predicted octanol–water partition coefficient (Wildman–Crippen LogP) is 7.75. The quantitative estimate of drug-likeness (QED) is 0.310. The van der Waals surface area contributed by atoms with Crippen LogP contribution in [-0.4, -0.2) is 6.10 Å². The van der Waals surface area contributed by atoms with Crippen molar-refractivity contribution in [3.63, 3.8) is 0 Å². The summed E-state index contributed by atoms with van der Waals surface area (Å²) in [5, 5.41) is 2.71. The van der Waals surface area contributed by atoms with Gasteiger partial charge in [0.15, 0.2) is 0 Å². The molecule has 2 atom stereocenters. The highest BCUT2D eigenvalue weighted by Crippen LogP contribution is 2.54. The molecule has 0 spiro atoms. The highest BCUT2D eigenvalue weighted by molar-refractivity contribution is 6.06. The molecule has 0 fully saturated rings. The minimum Gasteiger partial charge on any atom is -0.485 e. The Labute approximate surface area is 188 Å². The van der Waals surface area contributed by atoms with Crippen LogP contribution in [0.4, 0.5) is 0 Å². The Morgan fingerprint density at radius 3 is 2.44 bits per heavy atom. The summed E-state index contributed by atoms with van der Waals surface area (Å²) in [5.41, 5.74) is 9.21. The second-order valence-corrected chi connectivity index (χ2v) is 9.70. The maximum atomic E-state index is 6.71. The molecule has 4 aromatic carbocycles. The van der Waals surface area contributed by atoms with Gasteiger partial charge in [0.2, 0.25) is 0 Å². The normalized spacial score (nSPS) is 21.4. The molecule has 2 unspecified atom stereocenters. The Morgan fingerprint density at radius 2 is 1.56 bits per heavy atom. The van der Waals surface area contributed by atoms with Gasteiger partial charge in [0.05, 0.1) is 0 Å². The molecule has 0 saturated carbocycles. The molecule has 4 aromatic rings. The minimum absolute atomic E-state index is 0.0304. The number of para-hydroxylation sites is 1. The summed E-state index contributed by atoms with van der Waals surface area (Å²) in [5.74, 6) is 1.24. The number of hydrogen-bond acceptors (Lipinski definition) is 1. The fourth-order valence-corrected chi connectivity index (χ4v) is 6.06. The highest BCUT2D eigenvalue weighted by atomic mass is 16.5. The molecule has 154 valence electrons. The van der Waals surface area contributed by atoms with Crippen molar-refractivity contribution in [2.24, 2.45) is 0 Å². The van der Waals surface area contributed by atoms with Crippen molar-refractivity contribution in [3.05, 3.63) is 113 Å². The lowest BCUT2D eigenvalue weighted by Gasteiger charge is -2.46. The number of benzene rings is 4. The standard InChI is InChI=1S/C31H24O/c1-31(2)25-10-6-7-11-27(25)32-30-24-17-13-20-12-15-22(19-8-4-3-5-9-19)23-16-14-21(18-26(30)31)29(24)28(20)23/h3-18,24,30H,1-2H3. The van der Waals surface area contributed by atoms with Gasteiger partial charge in [0, 0.05) is 16.9 Å². The van der Waals surface area contributed by atoms with E-state index in [0.29, 0.717) is 0 Å². The predicted molar refractivity (Wildman–Crippen MR) is 133 cm³/mol. The summed E-state index contributed by atoms with van der Waals surface area (Å²) >= 11 is 0. The lowest BCUT2D eigenvalue weighted by Crippen LogP contribution is -2.42. The highest BCUT2D eigenvalue weighted by Gasteiger charge is 2.45. The van der Waals surface area contributed by atoms with Gasteiger partial charge in [-0.2, -0.15) is 0 Å². The third-order valence-corrected chi connectivity index (χ3v) is 7.67. The fourth-order valence-electron chi connectivity index (χ4n) is 6.06. The number of ether oxygens (including phenoxy) is 1. The summed E-state index contributed by atoms with van der Waals surface area (Å²) in [6.07, 6.45) is 7.11. The average molecular weight is 413 g/mol. The van der Waals surface area contributed by atoms with Gasteiger partial charge in [-0.15, -0.1) is 0 Å². The smallest absolute Gasteiger partial charge is 0.131 e. The Morgan fingerprint density at radius 1 is 0.781 bits per heavy atom. The molecule has 1 nitrogen and oxygen atoms in total. The van der Waals surface area contributed by atoms with E-state index in [9.17, 15) is 0 Å². The second-order valence-electron chi connectivity index (χ2n) is 9.70. The molecule has 32 heavy (non-hydrogen) atoms. The van der Waals surface area contributed by atoms with Crippen molar-refractivity contribution < 1.29 is 4.74 Å². The fraction of sp³-hybridized carbons (Fsp3) is 0.161. The number of hydrogen-bond donors (Lipinski definition) is 0. The van der Waals surface area contributed by atoms with Gasteiger partial charge in [-0.25, -0.2) is 0 Å². The van der Waals surface area contributed by atoms with Gasteiger partial charge in [0.25, 0.3) is 0 Å². The van der Waals surface area contributed by atoms with Crippen molar-refractivity contribution in [2.75, 3.05) is 0 Å². The summed E-state index contributed by atoms with van der Waals surface area (Å²) in [7, 11) is 0. The van der Waals surface area contributed by atoms with Gasteiger partial charge in [-0.3, -0.25) is 0 Å². The molecule has 3 aliphatic rings. The van der Waals surface area contributed by atoms with E-state index in [1.165, 1.54) is 49.7 Å². The summed E-state index contributed by atoms with van der Waals surface area (Å²) in [4.78, 5) is 0. The molecule has 2 aliphatic carbocycles. The van der Waals surface area contributed by atoms with Crippen LogP contribution in [0.3, 0.4) is 0 Å². The van der Waals surface area contributed by atoms with E-state index in [0.717, 1.165) is 5.75 Å². The molecule has 0 aromatic heterocycles. The van der Waals surface area contributed by atoms with E-state index >= 15 is 0 Å². The lowest BCUT2D eigenvalue weighted by atomic mass is 9.65. The molecule has 0 bridgehead atoms. The van der Waals surface area contributed by atoms with E-state index in [1.807, 2.05) is 0 Å². The van der Waals surface area contributed by atoms with Gasteiger partial charge in [0.1, 0.15) is 11.9 Å². The summed E-state index contributed by atoms with van der Waals surface area (Å²) in [6, 6.07) is 28.4. The first-order valence-corrected chi connectivity index (χ1v) is 11.4. The van der Waals surface area contributed by atoms with E-state index in [2.05, 4.69) is 111 Å². The van der Waals surface area contributed by atoms with Crippen LogP contribution in [0.15, 0.2) is 90.5 Å².